The van der Waals surface area contributed by atoms with Crippen molar-refractivity contribution in [2.45, 2.75) is 0 Å². The quantitative estimate of drug-likeness (QED) is 0.691. The van der Waals surface area contributed by atoms with Crippen molar-refractivity contribution < 1.29 is 19.0 Å². The molecule has 0 atom stereocenters. The van der Waals surface area contributed by atoms with Crippen LogP contribution in [0.25, 0.3) is 0 Å². The van der Waals surface area contributed by atoms with Gasteiger partial charge in [0.1, 0.15) is 18.1 Å². The number of nitrogens with one attached hydrogen (secondary N) is 2. The van der Waals surface area contributed by atoms with Gasteiger partial charge >= 0.3 is 6.03 Å². The van der Waals surface area contributed by atoms with Gasteiger partial charge in [-0.05, 0) is 12.1 Å². The van der Waals surface area contributed by atoms with Gasteiger partial charge in [-0.25, -0.2) is 4.79 Å². The zero-order valence-corrected chi connectivity index (χ0v) is 11.3. The topological polar surface area (TPSA) is 68.8 Å². The summed E-state index contributed by atoms with van der Waals surface area (Å²) in [4.78, 5) is 11.3. The monoisotopic (exact) mass is 268 g/mol. The SMILES string of the molecule is COCCNC(=O)NCCOc1cccc(OC)c1. The molecule has 1 rings (SSSR count). The lowest BCUT2D eigenvalue weighted by Crippen LogP contribution is -2.39. The first-order valence-corrected chi connectivity index (χ1v) is 6.03. The van der Waals surface area contributed by atoms with E-state index in [1.807, 2.05) is 18.2 Å². The molecule has 0 fully saturated rings. The molecule has 6 heteroatoms. The van der Waals surface area contributed by atoms with Gasteiger partial charge < -0.3 is 24.8 Å². The Morgan fingerprint density at radius 2 is 1.79 bits per heavy atom. The minimum Gasteiger partial charge on any atom is -0.497 e. The second-order valence-electron chi connectivity index (χ2n) is 3.70. The molecule has 1 aromatic carbocycles. The maximum atomic E-state index is 11.3. The van der Waals surface area contributed by atoms with Crippen molar-refractivity contribution in [1.29, 1.82) is 0 Å². The first kappa shape index (κ1) is 15.1. The maximum Gasteiger partial charge on any atom is 0.314 e. The minimum absolute atomic E-state index is 0.230. The molecule has 2 amide bonds. The number of ether oxygens (including phenoxy) is 3. The number of amides is 2. The highest BCUT2D eigenvalue weighted by Crippen LogP contribution is 2.18. The fraction of sp³-hybridized carbons (Fsp3) is 0.462. The summed E-state index contributed by atoms with van der Waals surface area (Å²) in [5, 5.41) is 5.33. The van der Waals surface area contributed by atoms with Gasteiger partial charge in [0, 0.05) is 19.7 Å². The van der Waals surface area contributed by atoms with Crippen molar-refractivity contribution in [2.75, 3.05) is 40.5 Å². The Bertz CT molecular complexity index is 385. The number of benzene rings is 1. The predicted molar refractivity (Wildman–Crippen MR) is 71.8 cm³/mol. The van der Waals surface area contributed by atoms with Crippen LogP contribution in [0.2, 0.25) is 0 Å². The first-order valence-electron chi connectivity index (χ1n) is 6.03. The van der Waals surface area contributed by atoms with Crippen LogP contribution >= 0.6 is 0 Å². The van der Waals surface area contributed by atoms with Crippen LogP contribution in [-0.2, 0) is 4.74 Å². The summed E-state index contributed by atoms with van der Waals surface area (Å²) in [6.07, 6.45) is 0. The van der Waals surface area contributed by atoms with Crippen molar-refractivity contribution in [2.24, 2.45) is 0 Å². The van der Waals surface area contributed by atoms with E-state index in [1.54, 1.807) is 20.3 Å². The molecule has 0 heterocycles. The molecular weight excluding hydrogens is 248 g/mol. The standard InChI is InChI=1S/C13H20N2O4/c1-17-8-6-14-13(16)15-7-9-19-12-5-3-4-11(10-12)18-2/h3-5,10H,6-9H2,1-2H3,(H2,14,15,16). The summed E-state index contributed by atoms with van der Waals surface area (Å²) in [6, 6.07) is 7.08. The molecule has 0 saturated carbocycles. The van der Waals surface area contributed by atoms with Crippen LogP contribution in [-0.4, -0.2) is 46.6 Å². The zero-order valence-electron chi connectivity index (χ0n) is 11.3. The van der Waals surface area contributed by atoms with Gasteiger partial charge in [0.25, 0.3) is 0 Å². The van der Waals surface area contributed by atoms with Gasteiger partial charge in [0.2, 0.25) is 0 Å². The minimum atomic E-state index is -0.230. The highest BCUT2D eigenvalue weighted by molar-refractivity contribution is 5.73. The van der Waals surface area contributed by atoms with Crippen LogP contribution in [0.15, 0.2) is 24.3 Å². The fourth-order valence-electron chi connectivity index (χ4n) is 1.35. The molecule has 106 valence electrons. The van der Waals surface area contributed by atoms with Crippen LogP contribution in [0, 0.1) is 0 Å². The number of hydrogen-bond donors (Lipinski definition) is 2. The largest absolute Gasteiger partial charge is 0.497 e. The number of methoxy groups -OCH3 is 2. The summed E-state index contributed by atoms with van der Waals surface area (Å²) < 4.78 is 15.4. The van der Waals surface area contributed by atoms with E-state index < -0.39 is 0 Å². The van der Waals surface area contributed by atoms with E-state index in [1.165, 1.54) is 0 Å². The van der Waals surface area contributed by atoms with E-state index in [-0.39, 0.29) is 6.03 Å². The van der Waals surface area contributed by atoms with Crippen molar-refractivity contribution in [1.82, 2.24) is 10.6 Å². The Labute approximate surface area is 113 Å². The van der Waals surface area contributed by atoms with E-state index in [9.17, 15) is 4.79 Å². The number of carbonyl (C=O) groups is 1. The van der Waals surface area contributed by atoms with Crippen LogP contribution in [0.3, 0.4) is 0 Å². The van der Waals surface area contributed by atoms with Gasteiger partial charge in [0.15, 0.2) is 0 Å². The van der Waals surface area contributed by atoms with Crippen molar-refractivity contribution >= 4 is 6.03 Å². The Hall–Kier alpha value is -1.95. The fourth-order valence-corrected chi connectivity index (χ4v) is 1.35. The third-order valence-corrected chi connectivity index (χ3v) is 2.29. The predicted octanol–water partition coefficient (Wildman–Crippen LogP) is 1.02. The summed E-state index contributed by atoms with van der Waals surface area (Å²) in [6.45, 7) is 1.80. The molecule has 0 unspecified atom stereocenters. The molecule has 1 aromatic rings. The third kappa shape index (κ3) is 6.52. The van der Waals surface area contributed by atoms with E-state index >= 15 is 0 Å². The smallest absolute Gasteiger partial charge is 0.314 e. The summed E-state index contributed by atoms with van der Waals surface area (Å²) in [5.41, 5.74) is 0. The molecule has 0 aliphatic heterocycles. The molecule has 6 nitrogen and oxygen atoms in total. The Balaban J connectivity index is 2.14. The molecule has 0 saturated heterocycles. The summed E-state index contributed by atoms with van der Waals surface area (Å²) in [5.74, 6) is 1.45. The molecule has 0 aliphatic carbocycles. The molecule has 0 bridgehead atoms. The summed E-state index contributed by atoms with van der Waals surface area (Å²) >= 11 is 0. The van der Waals surface area contributed by atoms with Gasteiger partial charge in [-0.1, -0.05) is 6.07 Å². The van der Waals surface area contributed by atoms with Crippen molar-refractivity contribution in [3.05, 3.63) is 24.3 Å². The van der Waals surface area contributed by atoms with E-state index in [0.29, 0.717) is 32.1 Å². The van der Waals surface area contributed by atoms with E-state index in [0.717, 1.165) is 5.75 Å². The number of rotatable bonds is 8. The second kappa shape index (κ2) is 9.04. The zero-order chi connectivity index (χ0) is 13.9. The summed E-state index contributed by atoms with van der Waals surface area (Å²) in [7, 11) is 3.19. The van der Waals surface area contributed by atoms with Crippen molar-refractivity contribution in [3.63, 3.8) is 0 Å². The number of urea groups is 1. The number of carbonyl (C=O) groups excluding carboxylic acids is 1. The number of hydrogen-bond acceptors (Lipinski definition) is 4. The van der Waals surface area contributed by atoms with Gasteiger partial charge in [-0.3, -0.25) is 0 Å². The van der Waals surface area contributed by atoms with Gasteiger partial charge in [-0.2, -0.15) is 0 Å². The lowest BCUT2D eigenvalue weighted by molar-refractivity contribution is 0.195. The molecule has 2 N–H and O–H groups in total. The molecule has 0 aliphatic rings. The van der Waals surface area contributed by atoms with Crippen LogP contribution in [0.4, 0.5) is 4.79 Å². The lowest BCUT2D eigenvalue weighted by Gasteiger charge is -2.09. The Morgan fingerprint density at radius 1 is 1.11 bits per heavy atom. The Kier molecular flexibility index (Phi) is 7.19. The molecule has 0 radical (unpaired) electrons. The highest BCUT2D eigenvalue weighted by Gasteiger charge is 1.99. The average molecular weight is 268 g/mol. The van der Waals surface area contributed by atoms with Crippen molar-refractivity contribution in [3.8, 4) is 11.5 Å². The molecule has 19 heavy (non-hydrogen) atoms. The highest BCUT2D eigenvalue weighted by atomic mass is 16.5. The first-order chi connectivity index (χ1) is 9.26. The normalized spacial score (nSPS) is 9.79. The maximum absolute atomic E-state index is 11.3. The van der Waals surface area contributed by atoms with Gasteiger partial charge in [0.05, 0.1) is 20.3 Å². The van der Waals surface area contributed by atoms with Crippen LogP contribution < -0.4 is 20.1 Å². The van der Waals surface area contributed by atoms with Crippen LogP contribution in [0.5, 0.6) is 11.5 Å². The van der Waals surface area contributed by atoms with Crippen LogP contribution in [0.1, 0.15) is 0 Å². The van der Waals surface area contributed by atoms with E-state index in [4.69, 9.17) is 14.2 Å². The van der Waals surface area contributed by atoms with E-state index in [2.05, 4.69) is 10.6 Å². The molecular formula is C13H20N2O4. The third-order valence-electron chi connectivity index (χ3n) is 2.29. The van der Waals surface area contributed by atoms with Gasteiger partial charge in [-0.15, -0.1) is 0 Å². The second-order valence-corrected chi connectivity index (χ2v) is 3.70. The lowest BCUT2D eigenvalue weighted by atomic mass is 10.3. The molecule has 0 aromatic heterocycles. The molecule has 0 spiro atoms. The Morgan fingerprint density at radius 3 is 2.47 bits per heavy atom. The average Bonchev–Trinajstić information content (AvgIpc) is 2.44.